The highest BCUT2D eigenvalue weighted by Crippen LogP contribution is 2.57. The number of esters is 1. The number of nitro groups is 1. The molecule has 34 heavy (non-hydrogen) atoms. The third kappa shape index (κ3) is 2.86. The van der Waals surface area contributed by atoms with Crippen molar-refractivity contribution in [1.29, 1.82) is 0 Å². The Balaban J connectivity index is 1.81. The Kier molecular flexibility index (Phi) is 5.05. The van der Waals surface area contributed by atoms with Crippen LogP contribution in [0.5, 0.6) is 11.5 Å². The van der Waals surface area contributed by atoms with Gasteiger partial charge in [-0.2, -0.15) is 0 Å². The molecule has 0 aliphatic carbocycles. The molecule has 2 aliphatic rings. The van der Waals surface area contributed by atoms with Crippen molar-refractivity contribution in [3.05, 3.63) is 69.4 Å². The van der Waals surface area contributed by atoms with Gasteiger partial charge in [0.1, 0.15) is 22.6 Å². The van der Waals surface area contributed by atoms with E-state index in [0.717, 1.165) is 22.2 Å². The maximum atomic E-state index is 13.7. The van der Waals surface area contributed by atoms with Crippen LogP contribution in [0, 0.1) is 10.1 Å². The van der Waals surface area contributed by atoms with Crippen molar-refractivity contribution >= 4 is 16.9 Å². The third-order valence-electron chi connectivity index (χ3n) is 7.35. The Hall–Kier alpha value is -3.59. The number of carbonyl (C=O) groups is 1. The van der Waals surface area contributed by atoms with Crippen LogP contribution in [0.25, 0.3) is 10.9 Å². The molecule has 0 saturated carbocycles. The summed E-state index contributed by atoms with van der Waals surface area (Å²) in [4.78, 5) is 29.5. The Labute approximate surface area is 196 Å². The summed E-state index contributed by atoms with van der Waals surface area (Å²) in [6.45, 7) is 3.68. The van der Waals surface area contributed by atoms with Gasteiger partial charge in [-0.25, -0.2) is 0 Å². The Bertz CT molecular complexity index is 1300. The lowest BCUT2D eigenvalue weighted by molar-refractivity contribution is -0.535. The number of carbonyl (C=O) groups excluding carboxylic acids is 1. The number of nitrogens with zero attached hydrogens (tertiary/aromatic N) is 1. The summed E-state index contributed by atoms with van der Waals surface area (Å²) in [5, 5.41) is 17.1. The molecule has 5 rings (SSSR count). The monoisotopic (exact) mass is 465 g/mol. The van der Waals surface area contributed by atoms with Crippen LogP contribution in [0.4, 0.5) is 0 Å². The zero-order valence-electron chi connectivity index (χ0n) is 19.5. The molecule has 1 fully saturated rings. The fourth-order valence-corrected chi connectivity index (χ4v) is 6.04. The topological polar surface area (TPSA) is 116 Å². The minimum atomic E-state index is -1.36. The maximum Gasteiger partial charge on any atom is 0.327 e. The molecule has 178 valence electrons. The van der Waals surface area contributed by atoms with Crippen molar-refractivity contribution in [3.8, 4) is 11.5 Å². The predicted octanol–water partition coefficient (Wildman–Crippen LogP) is 3.29. The van der Waals surface area contributed by atoms with Gasteiger partial charge in [0.05, 0.1) is 26.7 Å². The number of nitrogens with one attached hydrogen (secondary N) is 2. The summed E-state index contributed by atoms with van der Waals surface area (Å²) >= 11 is 0. The van der Waals surface area contributed by atoms with Gasteiger partial charge >= 0.3 is 5.97 Å². The summed E-state index contributed by atoms with van der Waals surface area (Å²) in [5.74, 6) is -0.387. The molecule has 3 heterocycles. The lowest BCUT2D eigenvalue weighted by atomic mass is 9.75. The van der Waals surface area contributed by atoms with Crippen molar-refractivity contribution in [2.75, 3.05) is 20.8 Å². The van der Waals surface area contributed by atoms with E-state index in [1.165, 1.54) is 14.2 Å². The van der Waals surface area contributed by atoms with E-state index in [9.17, 15) is 14.9 Å². The molecule has 2 aliphatic heterocycles. The van der Waals surface area contributed by atoms with Crippen molar-refractivity contribution < 1.29 is 23.9 Å². The summed E-state index contributed by atoms with van der Waals surface area (Å²) in [6, 6.07) is 11.7. The van der Waals surface area contributed by atoms with Gasteiger partial charge in [0.15, 0.2) is 0 Å². The van der Waals surface area contributed by atoms with E-state index < -0.39 is 29.0 Å². The van der Waals surface area contributed by atoms with Crippen molar-refractivity contribution in [2.45, 2.75) is 43.3 Å². The van der Waals surface area contributed by atoms with E-state index in [-0.39, 0.29) is 18.0 Å². The molecular weight excluding hydrogens is 438 g/mol. The molecule has 1 saturated heterocycles. The minimum absolute atomic E-state index is 0.162. The van der Waals surface area contributed by atoms with Gasteiger partial charge in [0, 0.05) is 39.6 Å². The van der Waals surface area contributed by atoms with E-state index in [0.29, 0.717) is 17.1 Å². The second-order valence-electron chi connectivity index (χ2n) is 9.04. The number of rotatable bonds is 6. The molecule has 3 aromatic rings. The maximum absolute atomic E-state index is 13.7. The van der Waals surface area contributed by atoms with Crippen LogP contribution in [0.3, 0.4) is 0 Å². The van der Waals surface area contributed by atoms with E-state index in [1.54, 1.807) is 32.0 Å². The summed E-state index contributed by atoms with van der Waals surface area (Å²) in [7, 11) is 3.04. The number of fused-ring (bicyclic) bond motifs is 6. The van der Waals surface area contributed by atoms with Crippen molar-refractivity contribution in [3.63, 3.8) is 0 Å². The number of hydrogen-bond donors (Lipinski definition) is 2. The van der Waals surface area contributed by atoms with Crippen LogP contribution in [0.15, 0.2) is 42.5 Å². The summed E-state index contributed by atoms with van der Waals surface area (Å²) < 4.78 is 16.5. The average Bonchev–Trinajstić information content (AvgIpc) is 3.31. The molecular formula is C25H27N3O6. The number of methoxy groups -OCH3 is 2. The van der Waals surface area contributed by atoms with Crippen LogP contribution < -0.4 is 14.8 Å². The first-order valence-electron chi connectivity index (χ1n) is 11.2. The molecule has 0 amide bonds. The molecule has 2 bridgehead atoms. The normalized spacial score (nSPS) is 27.3. The van der Waals surface area contributed by atoms with Gasteiger partial charge < -0.3 is 19.2 Å². The van der Waals surface area contributed by atoms with Gasteiger partial charge in [-0.1, -0.05) is 24.3 Å². The Morgan fingerprint density at radius 2 is 1.97 bits per heavy atom. The molecule has 2 aromatic carbocycles. The molecule has 1 aromatic heterocycles. The number of para-hydroxylation sites is 1. The standard InChI is InChI=1S/C25H27N3O6/c1-5-34-23(29)25-13-17-15-8-6-7-9-18(15)26-21(17)24(2,27-25)22(28(30)31)20(25)16-11-10-14(32-3)12-19(16)33-4/h6-12,20,22,26-27H,5,13H2,1-4H3/t20-,22-,24+,25-/m1/s1. The van der Waals surface area contributed by atoms with Crippen LogP contribution >= 0.6 is 0 Å². The first kappa shape index (κ1) is 22.2. The summed E-state index contributed by atoms with van der Waals surface area (Å²) in [6.07, 6.45) is 0.241. The minimum Gasteiger partial charge on any atom is -0.497 e. The SMILES string of the molecule is CCOC(=O)[C@]12Cc3c([nH]c4ccccc34)[C@](C)(N1)[C@H]([N+](=O)[O-])[C@H]2c1ccc(OC)cc1OC. The highest BCUT2D eigenvalue weighted by molar-refractivity contribution is 5.91. The Morgan fingerprint density at radius 3 is 2.65 bits per heavy atom. The van der Waals surface area contributed by atoms with Crippen LogP contribution in [0.2, 0.25) is 0 Å². The fourth-order valence-electron chi connectivity index (χ4n) is 6.04. The molecule has 4 atom stereocenters. The lowest BCUT2D eigenvalue weighted by Crippen LogP contribution is -2.60. The zero-order valence-corrected chi connectivity index (χ0v) is 19.5. The highest BCUT2D eigenvalue weighted by atomic mass is 16.6. The molecule has 0 unspecified atom stereocenters. The number of ether oxygens (including phenoxy) is 3. The zero-order chi connectivity index (χ0) is 24.3. The first-order chi connectivity index (χ1) is 16.3. The van der Waals surface area contributed by atoms with Gasteiger partial charge in [-0.3, -0.25) is 20.2 Å². The lowest BCUT2D eigenvalue weighted by Gasteiger charge is -2.38. The van der Waals surface area contributed by atoms with Crippen LogP contribution in [-0.4, -0.2) is 48.3 Å². The van der Waals surface area contributed by atoms with Crippen LogP contribution in [-0.2, 0) is 21.5 Å². The van der Waals surface area contributed by atoms with Gasteiger partial charge in [-0.15, -0.1) is 0 Å². The molecule has 9 nitrogen and oxygen atoms in total. The number of benzene rings is 2. The highest BCUT2D eigenvalue weighted by Gasteiger charge is 2.73. The van der Waals surface area contributed by atoms with E-state index in [1.807, 2.05) is 24.3 Å². The number of aromatic nitrogens is 1. The number of hydrogen-bond acceptors (Lipinski definition) is 7. The quantitative estimate of drug-likeness (QED) is 0.326. The third-order valence-corrected chi connectivity index (χ3v) is 7.35. The van der Waals surface area contributed by atoms with Gasteiger partial charge in [-0.05, 0) is 31.5 Å². The second kappa shape index (κ2) is 7.73. The summed E-state index contributed by atoms with van der Waals surface area (Å²) in [5.41, 5.74) is 0.546. The molecule has 9 heteroatoms. The molecule has 0 spiro atoms. The van der Waals surface area contributed by atoms with Crippen molar-refractivity contribution in [2.24, 2.45) is 0 Å². The second-order valence-corrected chi connectivity index (χ2v) is 9.04. The first-order valence-corrected chi connectivity index (χ1v) is 11.2. The smallest absolute Gasteiger partial charge is 0.327 e. The van der Waals surface area contributed by atoms with Gasteiger partial charge in [0.25, 0.3) is 0 Å². The van der Waals surface area contributed by atoms with Gasteiger partial charge in [0.2, 0.25) is 6.04 Å². The van der Waals surface area contributed by atoms with Crippen LogP contribution in [0.1, 0.15) is 36.6 Å². The van der Waals surface area contributed by atoms with E-state index >= 15 is 0 Å². The number of aromatic amines is 1. The Morgan fingerprint density at radius 1 is 1.21 bits per heavy atom. The molecule has 0 radical (unpaired) electrons. The fraction of sp³-hybridized carbons (Fsp3) is 0.400. The van der Waals surface area contributed by atoms with E-state index in [4.69, 9.17) is 14.2 Å². The average molecular weight is 466 g/mol. The van der Waals surface area contributed by atoms with Crippen molar-refractivity contribution in [1.82, 2.24) is 10.3 Å². The molecule has 2 N–H and O–H groups in total. The predicted molar refractivity (Wildman–Crippen MR) is 125 cm³/mol. The van der Waals surface area contributed by atoms with E-state index in [2.05, 4.69) is 10.3 Å². The number of H-pyrrole nitrogens is 1. The largest absolute Gasteiger partial charge is 0.497 e.